The van der Waals surface area contributed by atoms with Gasteiger partial charge in [-0.25, -0.2) is 9.78 Å². The average Bonchev–Trinajstić information content (AvgIpc) is 3.20. The van der Waals surface area contributed by atoms with Gasteiger partial charge in [0, 0.05) is 33.1 Å². The fraction of sp³-hybridized carbons (Fsp3) is 0.333. The maximum atomic E-state index is 13.1. The lowest BCUT2D eigenvalue weighted by Crippen LogP contribution is -2.37. The van der Waals surface area contributed by atoms with Crippen molar-refractivity contribution in [2.75, 3.05) is 19.6 Å². The van der Waals surface area contributed by atoms with Crippen LogP contribution in [0.5, 0.6) is 0 Å². The molecule has 31 heavy (non-hydrogen) atoms. The van der Waals surface area contributed by atoms with Crippen molar-refractivity contribution in [1.29, 1.82) is 0 Å². The van der Waals surface area contributed by atoms with Crippen molar-refractivity contribution in [3.05, 3.63) is 74.6 Å². The number of hydrogen-bond acceptors (Lipinski definition) is 5. The minimum Gasteiger partial charge on any atom is -0.336 e. The molecular weight excluding hydrogens is 441 g/mol. The van der Waals surface area contributed by atoms with E-state index in [1.807, 2.05) is 18.2 Å². The van der Waals surface area contributed by atoms with Gasteiger partial charge >= 0.3 is 5.69 Å². The standard InChI is InChI=1S/C21H23N5O3.2ClH/c1-24-18-15(19(27)25(2)21(24)29)8-9-17(23-18)20(28)26-11-14(10-22)16(12-26)13-6-4-3-5-7-13;;/h3-9,14,16H,10-12,22H2,1-2H3;2*1H/t14-,16+;;/m1../s1. The van der Waals surface area contributed by atoms with Gasteiger partial charge in [0.25, 0.3) is 11.5 Å². The molecule has 0 aliphatic carbocycles. The molecule has 8 nitrogen and oxygen atoms in total. The number of benzene rings is 1. The average molecular weight is 466 g/mol. The van der Waals surface area contributed by atoms with Gasteiger partial charge in [-0.1, -0.05) is 30.3 Å². The van der Waals surface area contributed by atoms with Gasteiger partial charge in [0.2, 0.25) is 0 Å². The van der Waals surface area contributed by atoms with Crippen molar-refractivity contribution in [1.82, 2.24) is 19.0 Å². The smallest absolute Gasteiger partial charge is 0.332 e. The molecule has 0 saturated carbocycles. The fourth-order valence-electron chi connectivity index (χ4n) is 4.09. The zero-order valence-corrected chi connectivity index (χ0v) is 18.9. The Morgan fingerprint density at radius 3 is 2.35 bits per heavy atom. The van der Waals surface area contributed by atoms with Crippen molar-refractivity contribution < 1.29 is 4.79 Å². The van der Waals surface area contributed by atoms with Crippen LogP contribution < -0.4 is 17.0 Å². The molecule has 1 aliphatic heterocycles. The van der Waals surface area contributed by atoms with E-state index in [1.54, 1.807) is 17.0 Å². The van der Waals surface area contributed by atoms with Crippen LogP contribution in [0.1, 0.15) is 22.0 Å². The number of amides is 1. The molecule has 1 amide bonds. The summed E-state index contributed by atoms with van der Waals surface area (Å²) in [4.78, 5) is 43.8. The summed E-state index contributed by atoms with van der Waals surface area (Å²) < 4.78 is 2.31. The third-order valence-corrected chi connectivity index (χ3v) is 5.78. The van der Waals surface area contributed by atoms with Crippen molar-refractivity contribution in [2.45, 2.75) is 5.92 Å². The number of halogens is 2. The normalized spacial score (nSPS) is 17.8. The third kappa shape index (κ3) is 4.23. The highest BCUT2D eigenvalue weighted by molar-refractivity contribution is 5.94. The molecular formula is C21H25Cl2N5O3. The maximum absolute atomic E-state index is 13.1. The van der Waals surface area contributed by atoms with Crippen molar-refractivity contribution in [3.63, 3.8) is 0 Å². The van der Waals surface area contributed by atoms with E-state index >= 15 is 0 Å². The van der Waals surface area contributed by atoms with E-state index < -0.39 is 11.2 Å². The summed E-state index contributed by atoms with van der Waals surface area (Å²) in [6.07, 6.45) is 0. The van der Waals surface area contributed by atoms with Crippen LogP contribution in [0.15, 0.2) is 52.1 Å². The largest absolute Gasteiger partial charge is 0.336 e. The Balaban J connectivity index is 0.00000171. The highest BCUT2D eigenvalue weighted by Gasteiger charge is 2.36. The van der Waals surface area contributed by atoms with Crippen LogP contribution in [0.2, 0.25) is 0 Å². The van der Waals surface area contributed by atoms with Crippen LogP contribution in [-0.4, -0.2) is 44.6 Å². The van der Waals surface area contributed by atoms with Gasteiger partial charge in [-0.2, -0.15) is 0 Å². The molecule has 2 N–H and O–H groups in total. The zero-order valence-electron chi connectivity index (χ0n) is 17.2. The van der Waals surface area contributed by atoms with Gasteiger partial charge in [-0.15, -0.1) is 24.8 Å². The van der Waals surface area contributed by atoms with Crippen LogP contribution in [0, 0.1) is 5.92 Å². The van der Waals surface area contributed by atoms with Gasteiger partial charge in [-0.05, 0) is 30.2 Å². The van der Waals surface area contributed by atoms with Crippen LogP contribution in [0.4, 0.5) is 0 Å². The Morgan fingerprint density at radius 2 is 1.71 bits per heavy atom. The zero-order chi connectivity index (χ0) is 20.7. The summed E-state index contributed by atoms with van der Waals surface area (Å²) in [6, 6.07) is 13.2. The molecule has 2 aromatic heterocycles. The van der Waals surface area contributed by atoms with Crippen LogP contribution in [0.25, 0.3) is 11.0 Å². The quantitative estimate of drug-likeness (QED) is 0.627. The number of carbonyl (C=O) groups excluding carboxylic acids is 1. The van der Waals surface area contributed by atoms with E-state index in [0.717, 1.165) is 10.1 Å². The molecule has 1 saturated heterocycles. The Bertz CT molecular complexity index is 1210. The Labute approximate surface area is 191 Å². The summed E-state index contributed by atoms with van der Waals surface area (Å²) in [5, 5.41) is 0.301. The van der Waals surface area contributed by atoms with E-state index in [4.69, 9.17) is 5.73 Å². The van der Waals surface area contributed by atoms with Crippen molar-refractivity contribution in [2.24, 2.45) is 25.7 Å². The molecule has 2 atom stereocenters. The Morgan fingerprint density at radius 1 is 1.03 bits per heavy atom. The molecule has 10 heteroatoms. The van der Waals surface area contributed by atoms with Gasteiger partial charge in [0.05, 0.1) is 5.39 Å². The number of aromatic nitrogens is 3. The second-order valence-corrected chi connectivity index (χ2v) is 7.50. The van der Waals surface area contributed by atoms with Gasteiger partial charge < -0.3 is 10.6 Å². The number of pyridine rings is 1. The third-order valence-electron chi connectivity index (χ3n) is 5.78. The van der Waals surface area contributed by atoms with Gasteiger partial charge in [0.15, 0.2) is 0 Å². The Kier molecular flexibility index (Phi) is 7.64. The van der Waals surface area contributed by atoms with Crippen LogP contribution in [-0.2, 0) is 14.1 Å². The van der Waals surface area contributed by atoms with E-state index in [9.17, 15) is 14.4 Å². The number of rotatable bonds is 3. The number of nitrogens with zero attached hydrogens (tertiary/aromatic N) is 4. The first-order valence-corrected chi connectivity index (χ1v) is 9.53. The molecule has 3 aromatic rings. The second-order valence-electron chi connectivity index (χ2n) is 7.50. The van der Waals surface area contributed by atoms with Gasteiger partial charge in [-0.3, -0.25) is 18.7 Å². The molecule has 3 heterocycles. The molecule has 1 aromatic carbocycles. The number of hydrogen-bond donors (Lipinski definition) is 1. The molecule has 0 radical (unpaired) electrons. The maximum Gasteiger partial charge on any atom is 0.332 e. The van der Waals surface area contributed by atoms with E-state index in [2.05, 4.69) is 17.1 Å². The summed E-state index contributed by atoms with van der Waals surface area (Å²) in [5.74, 6) is 0.109. The van der Waals surface area contributed by atoms with Crippen molar-refractivity contribution >= 4 is 41.8 Å². The lowest BCUT2D eigenvalue weighted by Gasteiger charge is -2.17. The second kappa shape index (κ2) is 9.64. The van der Waals surface area contributed by atoms with E-state index in [0.29, 0.717) is 25.0 Å². The lowest BCUT2D eigenvalue weighted by atomic mass is 9.89. The topological polar surface area (TPSA) is 103 Å². The molecule has 0 spiro atoms. The number of fused-ring (bicyclic) bond motifs is 1. The first kappa shape index (κ1) is 24.6. The van der Waals surface area contributed by atoms with Crippen LogP contribution >= 0.6 is 24.8 Å². The number of aryl methyl sites for hydroxylation is 1. The molecule has 166 valence electrons. The summed E-state index contributed by atoms with van der Waals surface area (Å²) in [5.41, 5.74) is 6.65. The molecule has 4 rings (SSSR count). The summed E-state index contributed by atoms with van der Waals surface area (Å²) >= 11 is 0. The SMILES string of the molecule is Cl.Cl.Cn1c(=O)c2ccc(C(=O)N3C[C@@H](CN)[C@H](c4ccccc4)C3)nc2n(C)c1=O. The van der Waals surface area contributed by atoms with Crippen molar-refractivity contribution in [3.8, 4) is 0 Å². The number of carbonyl (C=O) groups is 1. The molecule has 0 unspecified atom stereocenters. The minimum atomic E-state index is -0.479. The molecule has 0 bridgehead atoms. The number of likely N-dealkylation sites (tertiary alicyclic amines) is 1. The van der Waals surface area contributed by atoms with E-state index in [-0.39, 0.29) is 53.9 Å². The molecule has 1 fully saturated rings. The molecule has 1 aliphatic rings. The van der Waals surface area contributed by atoms with Crippen LogP contribution in [0.3, 0.4) is 0 Å². The first-order chi connectivity index (χ1) is 13.9. The Hall–Kier alpha value is -2.68. The highest BCUT2D eigenvalue weighted by atomic mass is 35.5. The minimum absolute atomic E-state index is 0. The van der Waals surface area contributed by atoms with Gasteiger partial charge in [0.1, 0.15) is 11.3 Å². The summed E-state index contributed by atoms with van der Waals surface area (Å²) in [6.45, 7) is 1.59. The fourth-order valence-corrected chi connectivity index (χ4v) is 4.09. The van der Waals surface area contributed by atoms with E-state index in [1.165, 1.54) is 18.7 Å². The first-order valence-electron chi connectivity index (χ1n) is 9.53. The summed E-state index contributed by atoms with van der Waals surface area (Å²) in [7, 11) is 2.96. The predicted octanol–water partition coefficient (Wildman–Crippen LogP) is 1.29. The highest BCUT2D eigenvalue weighted by Crippen LogP contribution is 2.32. The monoisotopic (exact) mass is 465 g/mol. The predicted molar refractivity (Wildman–Crippen MR) is 124 cm³/mol. The number of nitrogens with two attached hydrogens (primary N) is 1. The lowest BCUT2D eigenvalue weighted by molar-refractivity contribution is 0.0781.